The van der Waals surface area contributed by atoms with E-state index in [0.717, 1.165) is 13.0 Å². The van der Waals surface area contributed by atoms with E-state index in [9.17, 15) is 10.1 Å². The van der Waals surface area contributed by atoms with Crippen LogP contribution < -0.4 is 5.32 Å². The maximum atomic E-state index is 12.3. The molecule has 0 bridgehead atoms. The molecule has 0 aliphatic rings. The molecule has 116 valence electrons. The Morgan fingerprint density at radius 3 is 2.68 bits per heavy atom. The Hall–Kier alpha value is -2.52. The van der Waals surface area contributed by atoms with Gasteiger partial charge < -0.3 is 14.6 Å². The van der Waals surface area contributed by atoms with E-state index in [1.807, 2.05) is 26.2 Å². The molecule has 0 aliphatic carbocycles. The highest BCUT2D eigenvalue weighted by Crippen LogP contribution is 2.25. The van der Waals surface area contributed by atoms with Gasteiger partial charge in [-0.25, -0.2) is 0 Å². The summed E-state index contributed by atoms with van der Waals surface area (Å²) in [5, 5.41) is 12.2. The first-order chi connectivity index (χ1) is 10.5. The third-order valence-electron chi connectivity index (χ3n) is 3.31. The second-order valence-electron chi connectivity index (χ2n) is 5.33. The molecule has 6 heteroatoms. The molecule has 1 N–H and O–H groups in total. The summed E-state index contributed by atoms with van der Waals surface area (Å²) in [5.74, 6) is 0.559. The minimum Gasteiger partial charge on any atom is -0.443 e. The van der Waals surface area contributed by atoms with E-state index in [4.69, 9.17) is 4.42 Å². The van der Waals surface area contributed by atoms with Gasteiger partial charge in [0.2, 0.25) is 5.88 Å². The number of aromatic nitrogens is 1. The van der Waals surface area contributed by atoms with Crippen molar-refractivity contribution in [1.82, 2.24) is 14.8 Å². The first-order valence-electron chi connectivity index (χ1n) is 7.14. The van der Waals surface area contributed by atoms with Gasteiger partial charge in [-0.2, -0.15) is 5.26 Å². The number of hydrogen-bond acceptors (Lipinski definition) is 4. The minimum atomic E-state index is -0.269. The van der Waals surface area contributed by atoms with Gasteiger partial charge in [0, 0.05) is 18.9 Å². The predicted molar refractivity (Wildman–Crippen MR) is 83.0 cm³/mol. The number of carbonyl (C=O) groups is 1. The molecule has 6 nitrogen and oxygen atoms in total. The van der Waals surface area contributed by atoms with Crippen LogP contribution in [0.1, 0.15) is 28.1 Å². The number of nitrogens with one attached hydrogen (secondary N) is 1. The van der Waals surface area contributed by atoms with Crippen molar-refractivity contribution in [3.63, 3.8) is 0 Å². The van der Waals surface area contributed by atoms with Crippen LogP contribution in [0.5, 0.6) is 0 Å². The molecule has 0 saturated carbocycles. The van der Waals surface area contributed by atoms with E-state index in [0.29, 0.717) is 23.8 Å². The van der Waals surface area contributed by atoms with Crippen LogP contribution in [0.15, 0.2) is 28.9 Å². The Kier molecular flexibility index (Phi) is 5.02. The van der Waals surface area contributed by atoms with Crippen LogP contribution in [-0.4, -0.2) is 42.6 Å². The molecule has 22 heavy (non-hydrogen) atoms. The fraction of sp³-hybridized carbons (Fsp3) is 0.375. The zero-order valence-corrected chi connectivity index (χ0v) is 13.1. The number of carbonyl (C=O) groups excluding carboxylic acids is 1. The van der Waals surface area contributed by atoms with Crippen LogP contribution in [0.25, 0.3) is 5.88 Å². The molecule has 0 spiro atoms. The smallest absolute Gasteiger partial charge is 0.256 e. The maximum absolute atomic E-state index is 12.3. The van der Waals surface area contributed by atoms with Gasteiger partial charge in [0.15, 0.2) is 0 Å². The Balaban J connectivity index is 2.17. The zero-order valence-electron chi connectivity index (χ0n) is 13.1. The number of nitriles is 1. The molecule has 0 atom stereocenters. The molecule has 2 heterocycles. The van der Waals surface area contributed by atoms with Crippen LogP contribution in [0.2, 0.25) is 0 Å². The molecule has 0 unspecified atom stereocenters. The highest BCUT2D eigenvalue weighted by atomic mass is 16.4. The van der Waals surface area contributed by atoms with Gasteiger partial charge in [-0.15, -0.1) is 0 Å². The lowest BCUT2D eigenvalue weighted by Crippen LogP contribution is -2.27. The number of aryl methyl sites for hydroxylation is 1. The number of amides is 1. The van der Waals surface area contributed by atoms with Gasteiger partial charge in [0.05, 0.1) is 0 Å². The van der Waals surface area contributed by atoms with Gasteiger partial charge >= 0.3 is 0 Å². The van der Waals surface area contributed by atoms with E-state index in [1.54, 1.807) is 23.9 Å². The lowest BCUT2D eigenvalue weighted by atomic mass is 10.1. The Morgan fingerprint density at radius 1 is 1.41 bits per heavy atom. The van der Waals surface area contributed by atoms with Gasteiger partial charge in [-0.1, -0.05) is 0 Å². The fourth-order valence-corrected chi connectivity index (χ4v) is 2.24. The van der Waals surface area contributed by atoms with Crippen molar-refractivity contribution in [1.29, 1.82) is 5.26 Å². The van der Waals surface area contributed by atoms with E-state index < -0.39 is 0 Å². The normalized spacial score (nSPS) is 10.7. The Labute approximate surface area is 129 Å². The van der Waals surface area contributed by atoms with Crippen LogP contribution in [0.4, 0.5) is 0 Å². The minimum absolute atomic E-state index is 0.263. The fourth-order valence-electron chi connectivity index (χ4n) is 2.24. The van der Waals surface area contributed by atoms with E-state index in [2.05, 4.69) is 16.3 Å². The van der Waals surface area contributed by atoms with E-state index in [1.165, 1.54) is 0 Å². The van der Waals surface area contributed by atoms with Crippen molar-refractivity contribution in [2.75, 3.05) is 27.2 Å². The standard InChI is InChI=1S/C16H20N4O2/c1-12-14(15(21)18-7-6-8-19(2)3)13(11-17)16(22-12)20-9-4-5-10-20/h4-5,9-10H,6-8H2,1-3H3,(H,18,21). The van der Waals surface area contributed by atoms with Crippen LogP contribution in [0, 0.1) is 18.3 Å². The summed E-state index contributed by atoms with van der Waals surface area (Å²) in [6.45, 7) is 3.15. The lowest BCUT2D eigenvalue weighted by molar-refractivity contribution is 0.0950. The van der Waals surface area contributed by atoms with Crippen LogP contribution >= 0.6 is 0 Å². The van der Waals surface area contributed by atoms with Crippen molar-refractivity contribution in [3.8, 4) is 12.0 Å². The molecule has 2 rings (SSSR count). The molecule has 0 aliphatic heterocycles. The Morgan fingerprint density at radius 2 is 2.09 bits per heavy atom. The SMILES string of the molecule is Cc1oc(-n2cccc2)c(C#N)c1C(=O)NCCCN(C)C. The maximum Gasteiger partial charge on any atom is 0.256 e. The van der Waals surface area contributed by atoms with Crippen LogP contribution in [0.3, 0.4) is 0 Å². The summed E-state index contributed by atoms with van der Waals surface area (Å²) in [5.41, 5.74) is 0.579. The summed E-state index contributed by atoms with van der Waals surface area (Å²) < 4.78 is 7.31. The van der Waals surface area contributed by atoms with Crippen molar-refractivity contribution in [2.45, 2.75) is 13.3 Å². The van der Waals surface area contributed by atoms with Gasteiger partial charge in [0.25, 0.3) is 5.91 Å². The van der Waals surface area contributed by atoms with Crippen molar-refractivity contribution < 1.29 is 9.21 Å². The highest BCUT2D eigenvalue weighted by molar-refractivity contribution is 5.98. The second kappa shape index (κ2) is 6.96. The summed E-state index contributed by atoms with van der Waals surface area (Å²) >= 11 is 0. The molecule has 0 aromatic carbocycles. The van der Waals surface area contributed by atoms with Crippen molar-refractivity contribution in [2.24, 2.45) is 0 Å². The summed E-state index contributed by atoms with van der Waals surface area (Å²) in [6, 6.07) is 5.75. The third kappa shape index (κ3) is 3.38. The first-order valence-corrected chi connectivity index (χ1v) is 7.14. The summed E-state index contributed by atoms with van der Waals surface area (Å²) in [6.07, 6.45) is 4.40. The quantitative estimate of drug-likeness (QED) is 0.827. The molecule has 0 fully saturated rings. The zero-order chi connectivity index (χ0) is 16.1. The van der Waals surface area contributed by atoms with Crippen molar-refractivity contribution >= 4 is 5.91 Å². The van der Waals surface area contributed by atoms with Gasteiger partial charge in [-0.3, -0.25) is 9.36 Å². The summed E-state index contributed by atoms with van der Waals surface area (Å²) in [4.78, 5) is 14.4. The number of furan rings is 1. The van der Waals surface area contributed by atoms with Crippen molar-refractivity contribution in [3.05, 3.63) is 41.4 Å². The molecular formula is C16H20N4O2. The molecule has 2 aromatic rings. The molecule has 2 aromatic heterocycles. The number of hydrogen-bond donors (Lipinski definition) is 1. The third-order valence-corrected chi connectivity index (χ3v) is 3.31. The number of rotatable bonds is 6. The average molecular weight is 300 g/mol. The highest BCUT2D eigenvalue weighted by Gasteiger charge is 2.24. The predicted octanol–water partition coefficient (Wildman–Crippen LogP) is 1.93. The second-order valence-corrected chi connectivity index (χ2v) is 5.33. The molecule has 0 radical (unpaired) electrons. The molecule has 0 saturated heterocycles. The largest absolute Gasteiger partial charge is 0.443 e. The van der Waals surface area contributed by atoms with Crippen LogP contribution in [-0.2, 0) is 0 Å². The molecular weight excluding hydrogens is 280 g/mol. The van der Waals surface area contributed by atoms with E-state index >= 15 is 0 Å². The van der Waals surface area contributed by atoms with E-state index in [-0.39, 0.29) is 11.5 Å². The monoisotopic (exact) mass is 300 g/mol. The van der Waals surface area contributed by atoms with Gasteiger partial charge in [0.1, 0.15) is 23.0 Å². The number of nitrogens with zero attached hydrogens (tertiary/aromatic N) is 3. The lowest BCUT2D eigenvalue weighted by Gasteiger charge is -2.09. The topological polar surface area (TPSA) is 74.2 Å². The Bertz CT molecular complexity index is 678. The summed E-state index contributed by atoms with van der Waals surface area (Å²) in [7, 11) is 3.97. The average Bonchev–Trinajstić information content (AvgIpc) is 3.09. The molecule has 1 amide bonds. The first kappa shape index (κ1) is 15.9. The van der Waals surface area contributed by atoms with Gasteiger partial charge in [-0.05, 0) is 46.1 Å².